The molecule has 1 fully saturated rings. The van der Waals surface area contributed by atoms with Gasteiger partial charge in [0.1, 0.15) is 6.10 Å². The first kappa shape index (κ1) is 10.9. The van der Waals surface area contributed by atoms with Crippen LogP contribution in [0.25, 0.3) is 0 Å². The van der Waals surface area contributed by atoms with Gasteiger partial charge in [-0.3, -0.25) is 0 Å². The summed E-state index contributed by atoms with van der Waals surface area (Å²) in [6, 6.07) is 0. The number of aliphatic hydroxyl groups excluding tert-OH is 1. The first-order valence-corrected chi connectivity index (χ1v) is 5.77. The average molecular weight is 210 g/mol. The van der Waals surface area contributed by atoms with Gasteiger partial charge in [-0.15, -0.1) is 0 Å². The molecule has 5 nitrogen and oxygen atoms in total. The number of sulfone groups is 1. The van der Waals surface area contributed by atoms with Crippen LogP contribution in [0.3, 0.4) is 0 Å². The van der Waals surface area contributed by atoms with Crippen LogP contribution in [-0.4, -0.2) is 51.1 Å². The van der Waals surface area contributed by atoms with E-state index in [0.29, 0.717) is 0 Å². The first-order chi connectivity index (χ1) is 5.96. The highest BCUT2D eigenvalue weighted by atomic mass is 32.2. The first-order valence-electron chi connectivity index (χ1n) is 3.94. The van der Waals surface area contributed by atoms with E-state index in [1.54, 1.807) is 0 Å². The molecule has 0 aromatic carbocycles. The van der Waals surface area contributed by atoms with E-state index in [-0.39, 0.29) is 17.9 Å². The average Bonchev–Trinajstić information content (AvgIpc) is 2.05. The predicted octanol–water partition coefficient (Wildman–Crippen LogP) is -0.845. The van der Waals surface area contributed by atoms with Gasteiger partial charge in [0.2, 0.25) is 0 Å². The molecule has 0 radical (unpaired) electrons. The summed E-state index contributed by atoms with van der Waals surface area (Å²) in [5.41, 5.74) is 0. The van der Waals surface area contributed by atoms with E-state index in [4.69, 9.17) is 9.47 Å². The van der Waals surface area contributed by atoms with Gasteiger partial charge in [0.25, 0.3) is 0 Å². The normalized spacial score (nSPS) is 31.5. The Morgan fingerprint density at radius 2 is 1.92 bits per heavy atom. The number of rotatable bonds is 2. The second kappa shape index (κ2) is 3.53. The second-order valence-corrected chi connectivity index (χ2v) is 5.33. The Labute approximate surface area is 77.6 Å². The summed E-state index contributed by atoms with van der Waals surface area (Å²) in [5, 5.41) is 9.53. The van der Waals surface area contributed by atoms with Crippen LogP contribution in [0.15, 0.2) is 0 Å². The zero-order valence-corrected chi connectivity index (χ0v) is 8.50. The molecule has 0 aromatic rings. The summed E-state index contributed by atoms with van der Waals surface area (Å²) < 4.78 is 32.2. The fourth-order valence-corrected chi connectivity index (χ4v) is 2.97. The molecule has 0 spiro atoms. The van der Waals surface area contributed by atoms with Crippen LogP contribution >= 0.6 is 0 Å². The van der Waals surface area contributed by atoms with Crippen molar-refractivity contribution in [2.45, 2.75) is 18.3 Å². The summed E-state index contributed by atoms with van der Waals surface area (Å²) in [4.78, 5) is 0. The number of hydrogen-bond acceptors (Lipinski definition) is 5. The molecule has 1 heterocycles. The molecule has 0 aliphatic carbocycles. The van der Waals surface area contributed by atoms with E-state index < -0.39 is 21.7 Å². The van der Waals surface area contributed by atoms with E-state index >= 15 is 0 Å². The maximum atomic E-state index is 11.1. The van der Waals surface area contributed by atoms with Crippen molar-refractivity contribution in [1.29, 1.82) is 0 Å². The highest BCUT2D eigenvalue weighted by molar-refractivity contribution is 7.91. The zero-order chi connectivity index (χ0) is 10.1. The van der Waals surface area contributed by atoms with Crippen LogP contribution in [0, 0.1) is 0 Å². The minimum Gasteiger partial charge on any atom is -0.386 e. The van der Waals surface area contributed by atoms with Gasteiger partial charge in [0.05, 0.1) is 11.5 Å². The molecule has 1 rings (SSSR count). The third-order valence-electron chi connectivity index (χ3n) is 2.37. The summed E-state index contributed by atoms with van der Waals surface area (Å²) in [6.45, 7) is 0. The van der Waals surface area contributed by atoms with Crippen LogP contribution in [0.5, 0.6) is 0 Å². The van der Waals surface area contributed by atoms with Crippen LogP contribution in [0.1, 0.15) is 6.42 Å². The van der Waals surface area contributed by atoms with E-state index in [2.05, 4.69) is 0 Å². The zero-order valence-electron chi connectivity index (χ0n) is 7.69. The van der Waals surface area contributed by atoms with Crippen LogP contribution in [0.2, 0.25) is 0 Å². The van der Waals surface area contributed by atoms with Gasteiger partial charge in [-0.25, -0.2) is 8.42 Å². The Bertz CT molecular complexity index is 267. The lowest BCUT2D eigenvalue weighted by molar-refractivity contribution is -0.256. The number of hydrogen-bond donors (Lipinski definition) is 1. The number of aliphatic hydroxyl groups is 1. The smallest absolute Gasteiger partial charge is 0.195 e. The molecule has 0 bridgehead atoms. The van der Waals surface area contributed by atoms with E-state index in [0.717, 1.165) is 0 Å². The quantitative estimate of drug-likeness (QED) is 0.601. The Kier molecular flexibility index (Phi) is 2.96. The molecule has 13 heavy (non-hydrogen) atoms. The second-order valence-electron chi connectivity index (χ2n) is 3.10. The van der Waals surface area contributed by atoms with Gasteiger partial charge < -0.3 is 14.6 Å². The molecular formula is C7H14O5S. The molecule has 1 aliphatic heterocycles. The SMILES string of the molecule is COC1(OC)CCS(=O)(=O)C[C@H]1O. The Balaban J connectivity index is 2.83. The lowest BCUT2D eigenvalue weighted by Crippen LogP contribution is -2.54. The fraction of sp³-hybridized carbons (Fsp3) is 1.00. The number of ether oxygens (including phenoxy) is 2. The molecule has 1 atom stereocenters. The monoisotopic (exact) mass is 210 g/mol. The Morgan fingerprint density at radius 1 is 1.38 bits per heavy atom. The molecule has 0 amide bonds. The summed E-state index contributed by atoms with van der Waals surface area (Å²) in [6.07, 6.45) is -0.940. The predicted molar refractivity (Wildman–Crippen MR) is 46.0 cm³/mol. The van der Waals surface area contributed by atoms with Crippen molar-refractivity contribution in [2.24, 2.45) is 0 Å². The van der Waals surface area contributed by atoms with Crippen molar-refractivity contribution in [1.82, 2.24) is 0 Å². The van der Waals surface area contributed by atoms with Crippen LogP contribution in [-0.2, 0) is 19.3 Å². The minimum absolute atomic E-state index is 0.00819. The van der Waals surface area contributed by atoms with Crippen molar-refractivity contribution >= 4 is 9.84 Å². The lowest BCUT2D eigenvalue weighted by Gasteiger charge is -2.38. The van der Waals surface area contributed by atoms with Gasteiger partial charge >= 0.3 is 0 Å². The van der Waals surface area contributed by atoms with Crippen LogP contribution in [0.4, 0.5) is 0 Å². The van der Waals surface area contributed by atoms with E-state index in [9.17, 15) is 13.5 Å². The number of methoxy groups -OCH3 is 2. The van der Waals surface area contributed by atoms with E-state index in [1.807, 2.05) is 0 Å². The maximum Gasteiger partial charge on any atom is 0.195 e. The van der Waals surface area contributed by atoms with E-state index in [1.165, 1.54) is 14.2 Å². The molecule has 78 valence electrons. The summed E-state index contributed by atoms with van der Waals surface area (Å²) >= 11 is 0. The largest absolute Gasteiger partial charge is 0.386 e. The van der Waals surface area contributed by atoms with Crippen molar-refractivity contribution in [3.8, 4) is 0 Å². The molecule has 0 unspecified atom stereocenters. The molecular weight excluding hydrogens is 196 g/mol. The van der Waals surface area contributed by atoms with Crippen LogP contribution < -0.4 is 0 Å². The van der Waals surface area contributed by atoms with Crippen molar-refractivity contribution in [2.75, 3.05) is 25.7 Å². The fourth-order valence-electron chi connectivity index (χ4n) is 1.47. The van der Waals surface area contributed by atoms with Crippen molar-refractivity contribution in [3.63, 3.8) is 0 Å². The van der Waals surface area contributed by atoms with Gasteiger partial charge in [-0.2, -0.15) is 0 Å². The molecule has 0 saturated carbocycles. The Hall–Kier alpha value is -0.170. The van der Waals surface area contributed by atoms with Crippen molar-refractivity contribution in [3.05, 3.63) is 0 Å². The maximum absolute atomic E-state index is 11.1. The molecule has 0 aromatic heterocycles. The highest BCUT2D eigenvalue weighted by Crippen LogP contribution is 2.27. The molecule has 1 aliphatic rings. The van der Waals surface area contributed by atoms with Gasteiger partial charge in [-0.05, 0) is 0 Å². The third kappa shape index (κ3) is 2.01. The van der Waals surface area contributed by atoms with Gasteiger partial charge in [0.15, 0.2) is 15.6 Å². The summed E-state index contributed by atoms with van der Waals surface area (Å²) in [7, 11) is -0.346. The van der Waals surface area contributed by atoms with Crippen molar-refractivity contribution < 1.29 is 23.0 Å². The third-order valence-corrected chi connectivity index (χ3v) is 4.02. The lowest BCUT2D eigenvalue weighted by atomic mass is 10.1. The summed E-state index contributed by atoms with van der Waals surface area (Å²) in [5.74, 6) is -1.45. The van der Waals surface area contributed by atoms with Gasteiger partial charge in [-0.1, -0.05) is 0 Å². The highest BCUT2D eigenvalue weighted by Gasteiger charge is 2.45. The Morgan fingerprint density at radius 3 is 2.31 bits per heavy atom. The molecule has 1 N–H and O–H groups in total. The van der Waals surface area contributed by atoms with Gasteiger partial charge in [0, 0.05) is 20.6 Å². The minimum atomic E-state index is -3.13. The molecule has 1 saturated heterocycles. The molecule has 6 heteroatoms. The topological polar surface area (TPSA) is 72.8 Å². The standard InChI is InChI=1S/C7H14O5S/c1-11-7(12-2)3-4-13(9,10)5-6(7)8/h6,8H,3-5H2,1-2H3/t6-/m1/s1.